The summed E-state index contributed by atoms with van der Waals surface area (Å²) in [6.07, 6.45) is 6.26. The summed E-state index contributed by atoms with van der Waals surface area (Å²) in [6.45, 7) is 0.496. The van der Waals surface area contributed by atoms with E-state index < -0.39 is 17.1 Å². The standard InChI is InChI=1S/C31H30N4O6S/c36-27(37)7-3-1-2-4-16-32-28(38)22-12-8-20(9-13-22)18-24-29(39)35-25(30(40)34-24)19-21-10-14-23(15-11-21)33-31(41)26-6-5-17-42-26/h5-6,8-15,17-19H,1-4,7,16H2,(H,32,38)(H,33,41)(H,34,40)(H,35,39)(H,36,37)/b24-18-,25-19-. The van der Waals surface area contributed by atoms with E-state index in [1.165, 1.54) is 17.4 Å². The molecule has 0 saturated heterocycles. The number of H-pyrrole nitrogens is 2. The SMILES string of the molecule is O=C(O)CCCCCCNC(=O)c1ccc(/C=c2\[nH]c(=O)/c(=C/c3ccc(NC(=O)c4cccs4)cc3)[nH]c2=O)cc1. The number of thiophene rings is 1. The molecule has 10 nitrogen and oxygen atoms in total. The highest BCUT2D eigenvalue weighted by molar-refractivity contribution is 7.12. The summed E-state index contributed by atoms with van der Waals surface area (Å²) in [7, 11) is 0. The third-order valence-corrected chi connectivity index (χ3v) is 7.17. The Morgan fingerprint density at radius 1 is 0.762 bits per heavy atom. The number of aromatic amines is 2. The number of benzene rings is 2. The van der Waals surface area contributed by atoms with E-state index in [1.807, 2.05) is 5.38 Å². The van der Waals surface area contributed by atoms with Gasteiger partial charge in [-0.15, -0.1) is 11.3 Å². The van der Waals surface area contributed by atoms with Crippen molar-refractivity contribution in [1.82, 2.24) is 15.3 Å². The van der Waals surface area contributed by atoms with Crippen LogP contribution in [0, 0.1) is 0 Å². The van der Waals surface area contributed by atoms with Crippen LogP contribution in [0.25, 0.3) is 12.2 Å². The van der Waals surface area contributed by atoms with Crippen LogP contribution >= 0.6 is 11.3 Å². The number of amides is 2. The van der Waals surface area contributed by atoms with E-state index in [9.17, 15) is 24.0 Å². The van der Waals surface area contributed by atoms with E-state index in [4.69, 9.17) is 5.11 Å². The van der Waals surface area contributed by atoms with Gasteiger partial charge in [0.1, 0.15) is 10.7 Å². The zero-order valence-corrected chi connectivity index (χ0v) is 23.5. The van der Waals surface area contributed by atoms with E-state index in [-0.39, 0.29) is 28.9 Å². The first kappa shape index (κ1) is 29.9. The molecule has 0 aliphatic rings. The van der Waals surface area contributed by atoms with Crippen molar-refractivity contribution in [3.63, 3.8) is 0 Å². The summed E-state index contributed by atoms with van der Waals surface area (Å²) < 4.78 is 0. The lowest BCUT2D eigenvalue weighted by Gasteiger charge is -2.05. The molecule has 5 N–H and O–H groups in total. The van der Waals surface area contributed by atoms with Crippen molar-refractivity contribution in [2.24, 2.45) is 0 Å². The molecule has 0 unspecified atom stereocenters. The average molecular weight is 587 g/mol. The highest BCUT2D eigenvalue weighted by Crippen LogP contribution is 2.14. The molecule has 0 aliphatic heterocycles. The molecule has 42 heavy (non-hydrogen) atoms. The molecule has 2 aromatic carbocycles. The Hall–Kier alpha value is -5.03. The summed E-state index contributed by atoms with van der Waals surface area (Å²) in [6, 6.07) is 17.0. The van der Waals surface area contributed by atoms with Gasteiger partial charge in [-0.1, -0.05) is 43.2 Å². The molecule has 11 heteroatoms. The van der Waals surface area contributed by atoms with Crippen molar-refractivity contribution < 1.29 is 19.5 Å². The number of carboxylic acids is 1. The van der Waals surface area contributed by atoms with Crippen LogP contribution in [0.3, 0.4) is 0 Å². The first-order valence-electron chi connectivity index (χ1n) is 13.4. The monoisotopic (exact) mass is 586 g/mol. The Labute approximate surface area is 244 Å². The molecule has 0 atom stereocenters. The largest absolute Gasteiger partial charge is 0.481 e. The van der Waals surface area contributed by atoms with Crippen molar-refractivity contribution in [2.45, 2.75) is 32.1 Å². The van der Waals surface area contributed by atoms with E-state index in [2.05, 4.69) is 20.6 Å². The predicted molar refractivity (Wildman–Crippen MR) is 162 cm³/mol. The highest BCUT2D eigenvalue weighted by atomic mass is 32.1. The summed E-state index contributed by atoms with van der Waals surface area (Å²) in [4.78, 5) is 66.3. The Morgan fingerprint density at radius 2 is 1.36 bits per heavy atom. The van der Waals surface area contributed by atoms with Gasteiger partial charge >= 0.3 is 5.97 Å². The molecular weight excluding hydrogens is 556 g/mol. The van der Waals surface area contributed by atoms with Crippen LogP contribution in [0.5, 0.6) is 0 Å². The zero-order chi connectivity index (χ0) is 29.9. The fourth-order valence-electron chi connectivity index (χ4n) is 4.08. The van der Waals surface area contributed by atoms with E-state index in [1.54, 1.807) is 66.7 Å². The van der Waals surface area contributed by atoms with Gasteiger partial charge in [0.25, 0.3) is 22.9 Å². The molecular formula is C31H30N4O6S. The molecule has 0 fully saturated rings. The van der Waals surface area contributed by atoms with E-state index in [0.717, 1.165) is 19.3 Å². The maximum absolute atomic E-state index is 12.7. The number of hydrogen-bond donors (Lipinski definition) is 5. The van der Waals surface area contributed by atoms with Crippen LogP contribution in [-0.2, 0) is 4.79 Å². The van der Waals surface area contributed by atoms with E-state index in [0.29, 0.717) is 40.2 Å². The molecule has 0 radical (unpaired) electrons. The topological polar surface area (TPSA) is 161 Å². The van der Waals surface area contributed by atoms with Crippen LogP contribution in [0.1, 0.15) is 63.3 Å². The van der Waals surface area contributed by atoms with Crippen molar-refractivity contribution >= 4 is 47.0 Å². The first-order valence-corrected chi connectivity index (χ1v) is 14.3. The fourth-order valence-corrected chi connectivity index (χ4v) is 4.70. The Bertz CT molecular complexity index is 1770. The minimum absolute atomic E-state index is 0.0730. The highest BCUT2D eigenvalue weighted by Gasteiger charge is 2.07. The number of carbonyl (C=O) groups is 3. The van der Waals surface area contributed by atoms with Gasteiger partial charge in [0.05, 0.1) is 4.88 Å². The number of unbranched alkanes of at least 4 members (excludes halogenated alkanes) is 3. The lowest BCUT2D eigenvalue weighted by atomic mass is 10.1. The molecule has 4 rings (SSSR count). The van der Waals surface area contributed by atoms with Gasteiger partial charge in [-0.25, -0.2) is 0 Å². The number of carbonyl (C=O) groups excluding carboxylic acids is 2. The van der Waals surface area contributed by atoms with Crippen LogP contribution in [0.4, 0.5) is 5.69 Å². The van der Waals surface area contributed by atoms with Crippen molar-refractivity contribution in [2.75, 3.05) is 11.9 Å². The second-order valence-corrected chi connectivity index (χ2v) is 10.5. The Morgan fingerprint density at radius 3 is 1.93 bits per heavy atom. The molecule has 4 aromatic rings. The molecule has 0 saturated carbocycles. The minimum atomic E-state index is -0.799. The summed E-state index contributed by atoms with van der Waals surface area (Å²) in [5.74, 6) is -1.23. The number of aromatic nitrogens is 2. The molecule has 2 amide bonds. The van der Waals surface area contributed by atoms with Crippen molar-refractivity contribution in [3.05, 3.63) is 119 Å². The van der Waals surface area contributed by atoms with Crippen molar-refractivity contribution in [3.8, 4) is 0 Å². The molecule has 216 valence electrons. The molecule has 0 bridgehead atoms. The summed E-state index contributed by atoms with van der Waals surface area (Å²) in [5, 5.41) is 16.3. The predicted octanol–water partition coefficient (Wildman–Crippen LogP) is 2.80. The molecule has 0 spiro atoms. The van der Waals surface area contributed by atoms with E-state index >= 15 is 0 Å². The number of nitrogens with one attached hydrogen (secondary N) is 4. The second kappa shape index (κ2) is 14.6. The van der Waals surface area contributed by atoms with Crippen LogP contribution in [0.15, 0.2) is 75.6 Å². The minimum Gasteiger partial charge on any atom is -0.481 e. The van der Waals surface area contributed by atoms with Gasteiger partial charge in [0.2, 0.25) is 0 Å². The van der Waals surface area contributed by atoms with Gasteiger partial charge in [0.15, 0.2) is 0 Å². The van der Waals surface area contributed by atoms with Gasteiger partial charge < -0.3 is 25.7 Å². The quantitative estimate of drug-likeness (QED) is 0.160. The van der Waals surface area contributed by atoms with Crippen LogP contribution < -0.4 is 32.5 Å². The Kier molecular flexibility index (Phi) is 10.4. The van der Waals surface area contributed by atoms with Gasteiger partial charge in [0, 0.05) is 24.2 Å². The molecule has 2 heterocycles. The lowest BCUT2D eigenvalue weighted by molar-refractivity contribution is -0.137. The van der Waals surface area contributed by atoms with Gasteiger partial charge in [-0.05, 0) is 71.8 Å². The second-order valence-electron chi connectivity index (χ2n) is 9.51. The third-order valence-electron chi connectivity index (χ3n) is 6.30. The fraction of sp³-hybridized carbons (Fsp3) is 0.194. The smallest absolute Gasteiger partial charge is 0.303 e. The lowest BCUT2D eigenvalue weighted by Crippen LogP contribution is -2.46. The summed E-state index contributed by atoms with van der Waals surface area (Å²) in [5.41, 5.74) is 1.40. The van der Waals surface area contributed by atoms with Gasteiger partial charge in [-0.2, -0.15) is 0 Å². The first-order chi connectivity index (χ1) is 20.3. The Balaban J connectivity index is 1.37. The van der Waals surface area contributed by atoms with Gasteiger partial charge in [-0.3, -0.25) is 24.0 Å². The third kappa shape index (κ3) is 8.73. The summed E-state index contributed by atoms with van der Waals surface area (Å²) >= 11 is 1.35. The maximum atomic E-state index is 12.7. The van der Waals surface area contributed by atoms with Crippen LogP contribution in [-0.4, -0.2) is 39.4 Å². The maximum Gasteiger partial charge on any atom is 0.303 e. The number of carboxylic acid groups (broad SMARTS) is 1. The average Bonchev–Trinajstić information content (AvgIpc) is 3.52. The van der Waals surface area contributed by atoms with Crippen molar-refractivity contribution in [1.29, 1.82) is 0 Å². The molecule has 2 aromatic heterocycles. The number of anilines is 1. The zero-order valence-electron chi connectivity index (χ0n) is 22.6. The molecule has 0 aliphatic carbocycles. The normalized spacial score (nSPS) is 11.8. The van der Waals surface area contributed by atoms with Crippen LogP contribution in [0.2, 0.25) is 0 Å². The number of aliphatic carboxylic acids is 1. The number of rotatable bonds is 12. The number of hydrogen-bond acceptors (Lipinski definition) is 6.